The summed E-state index contributed by atoms with van der Waals surface area (Å²) in [5.74, 6) is 0.968. The number of nitrogen functional groups attached to an aromatic ring is 1. The largest absolute Gasteiger partial charge is 0.399 e. The van der Waals surface area contributed by atoms with Crippen molar-refractivity contribution in [1.82, 2.24) is 0 Å². The molecule has 0 spiro atoms. The molecule has 14 heavy (non-hydrogen) atoms. The molecule has 0 saturated carbocycles. The molecule has 0 aliphatic carbocycles. The molecule has 1 aromatic carbocycles. The maximum Gasteiger partial charge on any atom is 0.0622 e. The van der Waals surface area contributed by atoms with Crippen LogP contribution in [0.2, 0.25) is 0 Å². The Morgan fingerprint density at radius 2 is 2.29 bits per heavy atom. The van der Waals surface area contributed by atoms with E-state index in [2.05, 4.69) is 22.0 Å². The highest BCUT2D eigenvalue weighted by Crippen LogP contribution is 2.29. The van der Waals surface area contributed by atoms with Crippen LogP contribution in [0.4, 0.5) is 5.69 Å². The lowest BCUT2D eigenvalue weighted by Gasteiger charge is -2.03. The van der Waals surface area contributed by atoms with E-state index in [4.69, 9.17) is 11.0 Å². The average Bonchev–Trinajstić information content (AvgIpc) is 2.15. The number of thioether (sulfide) groups is 1. The third-order valence-electron chi connectivity index (χ3n) is 1.65. The van der Waals surface area contributed by atoms with Crippen molar-refractivity contribution in [3.05, 3.63) is 22.7 Å². The van der Waals surface area contributed by atoms with Crippen molar-refractivity contribution in [1.29, 1.82) is 5.26 Å². The SMILES string of the molecule is N#CCCCSc1ccc(N)cc1Br. The summed E-state index contributed by atoms with van der Waals surface area (Å²) in [4.78, 5) is 1.18. The summed E-state index contributed by atoms with van der Waals surface area (Å²) in [5, 5.41) is 8.37. The van der Waals surface area contributed by atoms with Gasteiger partial charge >= 0.3 is 0 Å². The van der Waals surface area contributed by atoms with Gasteiger partial charge in [0.1, 0.15) is 0 Å². The first-order chi connectivity index (χ1) is 6.74. The van der Waals surface area contributed by atoms with E-state index < -0.39 is 0 Å². The first-order valence-corrected chi connectivity index (χ1v) is 6.06. The van der Waals surface area contributed by atoms with Crippen LogP contribution in [-0.4, -0.2) is 5.75 Å². The number of nitrogens with two attached hydrogens (primary N) is 1. The van der Waals surface area contributed by atoms with E-state index in [-0.39, 0.29) is 0 Å². The normalized spacial score (nSPS) is 9.71. The fourth-order valence-electron chi connectivity index (χ4n) is 0.967. The summed E-state index contributed by atoms with van der Waals surface area (Å²) in [6.07, 6.45) is 1.55. The number of anilines is 1. The van der Waals surface area contributed by atoms with Crippen LogP contribution >= 0.6 is 27.7 Å². The van der Waals surface area contributed by atoms with Gasteiger partial charge in [-0.3, -0.25) is 0 Å². The van der Waals surface area contributed by atoms with E-state index in [1.165, 1.54) is 4.90 Å². The molecule has 0 unspecified atom stereocenters. The lowest BCUT2D eigenvalue weighted by molar-refractivity contribution is 0.981. The second-order valence-corrected chi connectivity index (χ2v) is 4.79. The first kappa shape index (κ1) is 11.4. The number of benzene rings is 1. The molecule has 0 aliphatic heterocycles. The van der Waals surface area contributed by atoms with Crippen LogP contribution in [-0.2, 0) is 0 Å². The third kappa shape index (κ3) is 3.60. The van der Waals surface area contributed by atoms with Gasteiger partial charge in [0.2, 0.25) is 0 Å². The highest BCUT2D eigenvalue weighted by molar-refractivity contribution is 9.10. The number of halogens is 1. The zero-order chi connectivity index (χ0) is 10.4. The lowest BCUT2D eigenvalue weighted by atomic mass is 10.3. The van der Waals surface area contributed by atoms with E-state index in [0.717, 1.165) is 22.3 Å². The number of nitrogens with zero attached hydrogens (tertiary/aromatic N) is 1. The maximum absolute atomic E-state index is 8.37. The van der Waals surface area contributed by atoms with Gasteiger partial charge in [0.05, 0.1) is 6.07 Å². The Morgan fingerprint density at radius 1 is 1.50 bits per heavy atom. The fraction of sp³-hybridized carbons (Fsp3) is 0.300. The smallest absolute Gasteiger partial charge is 0.0622 e. The van der Waals surface area contributed by atoms with E-state index in [1.54, 1.807) is 11.8 Å². The highest BCUT2D eigenvalue weighted by Gasteiger charge is 2.00. The van der Waals surface area contributed by atoms with Gasteiger partial charge in [0, 0.05) is 21.5 Å². The molecule has 0 atom stereocenters. The van der Waals surface area contributed by atoms with Crippen molar-refractivity contribution in [2.24, 2.45) is 0 Å². The Morgan fingerprint density at radius 3 is 2.93 bits per heavy atom. The zero-order valence-corrected chi connectivity index (χ0v) is 10.1. The van der Waals surface area contributed by atoms with Crippen molar-refractivity contribution in [3.8, 4) is 6.07 Å². The molecule has 0 amide bonds. The molecule has 0 heterocycles. The van der Waals surface area contributed by atoms with E-state index in [0.29, 0.717) is 6.42 Å². The summed E-state index contributed by atoms with van der Waals surface area (Å²) in [5.41, 5.74) is 6.38. The minimum absolute atomic E-state index is 0.625. The molecular formula is C10H11BrN2S. The predicted molar refractivity (Wildman–Crippen MR) is 64.1 cm³/mol. The number of hydrogen-bond donors (Lipinski definition) is 1. The van der Waals surface area contributed by atoms with E-state index in [9.17, 15) is 0 Å². The summed E-state index contributed by atoms with van der Waals surface area (Å²) in [7, 11) is 0. The number of unbranched alkanes of at least 4 members (excludes halogenated alkanes) is 1. The summed E-state index contributed by atoms with van der Waals surface area (Å²) in [6, 6.07) is 7.91. The second kappa shape index (κ2) is 5.94. The third-order valence-corrected chi connectivity index (χ3v) is 3.72. The average molecular weight is 271 g/mol. The van der Waals surface area contributed by atoms with Gasteiger partial charge in [-0.25, -0.2) is 0 Å². The molecule has 0 aliphatic rings. The molecule has 2 nitrogen and oxygen atoms in total. The molecule has 1 aromatic rings. The summed E-state index contributed by atoms with van der Waals surface area (Å²) >= 11 is 5.19. The molecule has 74 valence electrons. The van der Waals surface area contributed by atoms with Gasteiger partial charge in [-0.1, -0.05) is 0 Å². The fourth-order valence-corrected chi connectivity index (χ4v) is 2.58. The van der Waals surface area contributed by atoms with Crippen LogP contribution in [0.5, 0.6) is 0 Å². The quantitative estimate of drug-likeness (QED) is 0.518. The Hall–Kier alpha value is -0.660. The van der Waals surface area contributed by atoms with E-state index in [1.807, 2.05) is 18.2 Å². The molecule has 2 N–H and O–H groups in total. The minimum atomic E-state index is 0.625. The Kier molecular flexibility index (Phi) is 4.85. The van der Waals surface area contributed by atoms with Gasteiger partial charge < -0.3 is 5.73 Å². The van der Waals surface area contributed by atoms with E-state index >= 15 is 0 Å². The number of nitriles is 1. The standard InChI is InChI=1S/C10H11BrN2S/c11-9-7-8(13)3-4-10(9)14-6-2-1-5-12/h3-4,7H,1-2,6,13H2. The number of rotatable bonds is 4. The predicted octanol–water partition coefficient (Wildman–Crippen LogP) is 3.43. The van der Waals surface area contributed by atoms with Gasteiger partial charge in [0.25, 0.3) is 0 Å². The van der Waals surface area contributed by atoms with Gasteiger partial charge in [-0.05, 0) is 46.3 Å². The molecule has 0 radical (unpaired) electrons. The Balaban J connectivity index is 2.47. The molecule has 4 heteroatoms. The highest BCUT2D eigenvalue weighted by atomic mass is 79.9. The number of hydrogen-bond acceptors (Lipinski definition) is 3. The van der Waals surface area contributed by atoms with Crippen molar-refractivity contribution in [2.75, 3.05) is 11.5 Å². The van der Waals surface area contributed by atoms with Gasteiger partial charge in [0.15, 0.2) is 0 Å². The monoisotopic (exact) mass is 270 g/mol. The van der Waals surface area contributed by atoms with Crippen molar-refractivity contribution in [2.45, 2.75) is 17.7 Å². The maximum atomic E-state index is 8.37. The van der Waals surface area contributed by atoms with Crippen LogP contribution in [0.25, 0.3) is 0 Å². The van der Waals surface area contributed by atoms with Crippen molar-refractivity contribution >= 4 is 33.4 Å². The Bertz CT molecular complexity index is 346. The molecule has 0 saturated heterocycles. The minimum Gasteiger partial charge on any atom is -0.399 e. The molecule has 0 bridgehead atoms. The zero-order valence-electron chi connectivity index (χ0n) is 7.66. The lowest BCUT2D eigenvalue weighted by Crippen LogP contribution is -1.86. The van der Waals surface area contributed by atoms with Crippen LogP contribution in [0, 0.1) is 11.3 Å². The molecule has 1 rings (SSSR count). The summed E-state index contributed by atoms with van der Waals surface area (Å²) in [6.45, 7) is 0. The second-order valence-electron chi connectivity index (χ2n) is 2.80. The van der Waals surface area contributed by atoms with Gasteiger partial charge in [-0.15, -0.1) is 11.8 Å². The van der Waals surface area contributed by atoms with Crippen molar-refractivity contribution in [3.63, 3.8) is 0 Å². The van der Waals surface area contributed by atoms with Crippen molar-refractivity contribution < 1.29 is 0 Å². The molecular weight excluding hydrogens is 260 g/mol. The van der Waals surface area contributed by atoms with Crippen LogP contribution in [0.1, 0.15) is 12.8 Å². The summed E-state index contributed by atoms with van der Waals surface area (Å²) < 4.78 is 1.03. The van der Waals surface area contributed by atoms with Crippen LogP contribution in [0.15, 0.2) is 27.6 Å². The van der Waals surface area contributed by atoms with Crippen LogP contribution in [0.3, 0.4) is 0 Å². The topological polar surface area (TPSA) is 49.8 Å². The Labute approximate surface area is 96.6 Å². The molecule has 0 fully saturated rings. The molecule has 0 aromatic heterocycles. The van der Waals surface area contributed by atoms with Crippen LogP contribution < -0.4 is 5.73 Å². The van der Waals surface area contributed by atoms with Gasteiger partial charge in [-0.2, -0.15) is 5.26 Å². The first-order valence-electron chi connectivity index (χ1n) is 4.29.